The summed E-state index contributed by atoms with van der Waals surface area (Å²) >= 11 is 1.65. The van der Waals surface area contributed by atoms with Crippen LogP contribution in [-0.2, 0) is 11.3 Å². The number of nitrogens with zero attached hydrogens (tertiary/aromatic N) is 1. The summed E-state index contributed by atoms with van der Waals surface area (Å²) in [5, 5.41) is 6.92. The number of carbonyl (C=O) groups is 1. The molecule has 0 bridgehead atoms. The van der Waals surface area contributed by atoms with Gasteiger partial charge in [-0.15, -0.1) is 0 Å². The van der Waals surface area contributed by atoms with Crippen LogP contribution in [0.15, 0.2) is 35.0 Å². The molecule has 0 aliphatic rings. The largest absolute Gasteiger partial charge is 0.497 e. The van der Waals surface area contributed by atoms with Crippen molar-refractivity contribution in [2.45, 2.75) is 6.54 Å². The van der Waals surface area contributed by atoms with E-state index in [0.29, 0.717) is 23.7 Å². The highest BCUT2D eigenvalue weighted by Gasteiger charge is 2.10. The van der Waals surface area contributed by atoms with Crippen molar-refractivity contribution in [3.8, 4) is 5.75 Å². The van der Waals surface area contributed by atoms with Gasteiger partial charge in [-0.25, -0.2) is 0 Å². The first-order valence-electron chi connectivity index (χ1n) is 6.51. The number of likely N-dealkylation sites (N-methyl/N-ethyl adjacent to an activating group) is 1. The van der Waals surface area contributed by atoms with Crippen LogP contribution in [0.3, 0.4) is 0 Å². The number of thiophene rings is 1. The normalized spacial score (nSPS) is 10.6. The number of ether oxygens (including phenoxy) is 1. The summed E-state index contributed by atoms with van der Waals surface area (Å²) < 4.78 is 5.08. The van der Waals surface area contributed by atoms with Crippen LogP contribution in [0.25, 0.3) is 0 Å². The predicted octanol–water partition coefficient (Wildman–Crippen LogP) is 2.41. The molecule has 3 N–H and O–H groups in total. The van der Waals surface area contributed by atoms with Crippen LogP contribution in [0.2, 0.25) is 0 Å². The molecule has 0 aliphatic heterocycles. The van der Waals surface area contributed by atoms with Crippen molar-refractivity contribution in [1.29, 1.82) is 0 Å². The van der Waals surface area contributed by atoms with Crippen LogP contribution in [0, 0.1) is 0 Å². The van der Waals surface area contributed by atoms with Crippen LogP contribution < -0.4 is 15.8 Å². The van der Waals surface area contributed by atoms with Crippen molar-refractivity contribution in [2.24, 2.45) is 0 Å². The van der Waals surface area contributed by atoms with Crippen molar-refractivity contribution in [3.05, 3.63) is 40.6 Å². The minimum absolute atomic E-state index is 0.0930. The number of benzene rings is 1. The third kappa shape index (κ3) is 4.47. The second-order valence-electron chi connectivity index (χ2n) is 4.81. The Hall–Kier alpha value is -2.05. The fraction of sp³-hybridized carbons (Fsp3) is 0.267. The monoisotopic (exact) mass is 305 g/mol. The lowest BCUT2D eigenvalue weighted by Crippen LogP contribution is -2.29. The van der Waals surface area contributed by atoms with E-state index in [0.717, 1.165) is 6.54 Å². The summed E-state index contributed by atoms with van der Waals surface area (Å²) in [5.74, 6) is 0.574. The van der Waals surface area contributed by atoms with Gasteiger partial charge in [0.15, 0.2) is 0 Å². The minimum atomic E-state index is -0.0930. The van der Waals surface area contributed by atoms with E-state index in [1.807, 2.05) is 17.3 Å². The first kappa shape index (κ1) is 15.3. The van der Waals surface area contributed by atoms with Gasteiger partial charge < -0.3 is 15.8 Å². The molecule has 2 rings (SSSR count). The third-order valence-electron chi connectivity index (χ3n) is 2.98. The van der Waals surface area contributed by atoms with E-state index < -0.39 is 0 Å². The second kappa shape index (κ2) is 7.10. The Kier molecular flexibility index (Phi) is 5.19. The second-order valence-corrected chi connectivity index (χ2v) is 5.59. The van der Waals surface area contributed by atoms with Crippen molar-refractivity contribution < 1.29 is 9.53 Å². The summed E-state index contributed by atoms with van der Waals surface area (Å²) in [4.78, 5) is 14.0. The van der Waals surface area contributed by atoms with Gasteiger partial charge in [-0.05, 0) is 41.6 Å². The lowest BCUT2D eigenvalue weighted by atomic mass is 10.2. The Bertz CT molecular complexity index is 599. The van der Waals surface area contributed by atoms with Gasteiger partial charge in [0.2, 0.25) is 5.91 Å². The highest BCUT2D eigenvalue weighted by molar-refractivity contribution is 7.07. The molecule has 1 aromatic carbocycles. The topological polar surface area (TPSA) is 67.6 Å². The maximum atomic E-state index is 12.0. The van der Waals surface area contributed by atoms with E-state index in [2.05, 4.69) is 16.8 Å². The number of carbonyl (C=O) groups excluding carboxylic acids is 1. The molecule has 2 aromatic rings. The zero-order valence-electron chi connectivity index (χ0n) is 12.1. The van der Waals surface area contributed by atoms with Crippen molar-refractivity contribution in [2.75, 3.05) is 31.8 Å². The number of nitrogens with one attached hydrogen (secondary N) is 1. The van der Waals surface area contributed by atoms with Gasteiger partial charge >= 0.3 is 0 Å². The maximum absolute atomic E-state index is 12.0. The first-order valence-corrected chi connectivity index (χ1v) is 7.45. The molecule has 21 heavy (non-hydrogen) atoms. The Morgan fingerprint density at radius 1 is 1.43 bits per heavy atom. The SMILES string of the molecule is COc1ccc(NC(=O)CN(C)Cc2ccsc2)c(N)c1. The van der Waals surface area contributed by atoms with Crippen LogP contribution in [0.5, 0.6) is 5.75 Å². The Morgan fingerprint density at radius 3 is 2.86 bits per heavy atom. The number of methoxy groups -OCH3 is 1. The van der Waals surface area contributed by atoms with Gasteiger partial charge in [0.1, 0.15) is 5.75 Å². The van der Waals surface area contributed by atoms with E-state index in [9.17, 15) is 4.79 Å². The van der Waals surface area contributed by atoms with Crippen molar-refractivity contribution in [1.82, 2.24) is 4.90 Å². The molecule has 0 fully saturated rings. The molecule has 0 spiro atoms. The summed E-state index contributed by atoms with van der Waals surface area (Å²) in [7, 11) is 3.49. The fourth-order valence-electron chi connectivity index (χ4n) is 1.97. The van der Waals surface area contributed by atoms with E-state index >= 15 is 0 Å². The van der Waals surface area contributed by atoms with Gasteiger partial charge in [0.25, 0.3) is 0 Å². The number of nitrogen functional groups attached to an aromatic ring is 1. The smallest absolute Gasteiger partial charge is 0.238 e. The molecule has 0 saturated carbocycles. The average molecular weight is 305 g/mol. The van der Waals surface area contributed by atoms with Crippen molar-refractivity contribution >= 4 is 28.6 Å². The van der Waals surface area contributed by atoms with E-state index in [-0.39, 0.29) is 5.91 Å². The van der Waals surface area contributed by atoms with E-state index in [1.54, 1.807) is 36.6 Å². The minimum Gasteiger partial charge on any atom is -0.497 e. The van der Waals surface area contributed by atoms with E-state index in [4.69, 9.17) is 10.5 Å². The maximum Gasteiger partial charge on any atom is 0.238 e. The van der Waals surface area contributed by atoms with E-state index in [1.165, 1.54) is 5.56 Å². The lowest BCUT2D eigenvalue weighted by Gasteiger charge is -2.16. The Morgan fingerprint density at radius 2 is 2.24 bits per heavy atom. The van der Waals surface area contributed by atoms with Crippen LogP contribution in [0.1, 0.15) is 5.56 Å². The molecule has 0 atom stereocenters. The summed E-state index contributed by atoms with van der Waals surface area (Å²) in [6.07, 6.45) is 0. The van der Waals surface area contributed by atoms with Gasteiger partial charge in [0.05, 0.1) is 25.0 Å². The molecule has 112 valence electrons. The van der Waals surface area contributed by atoms with Gasteiger partial charge in [0, 0.05) is 12.6 Å². The number of anilines is 2. The standard InChI is InChI=1S/C15H19N3O2S/c1-18(8-11-5-6-21-10-11)9-15(19)17-14-4-3-12(20-2)7-13(14)16/h3-7,10H,8-9,16H2,1-2H3,(H,17,19). The van der Waals surface area contributed by atoms with Gasteiger partial charge in [-0.1, -0.05) is 0 Å². The highest BCUT2D eigenvalue weighted by Crippen LogP contribution is 2.23. The zero-order valence-corrected chi connectivity index (χ0v) is 12.9. The Labute approximate surface area is 128 Å². The molecule has 0 unspecified atom stereocenters. The molecular weight excluding hydrogens is 286 g/mol. The Balaban J connectivity index is 1.89. The van der Waals surface area contributed by atoms with Crippen LogP contribution >= 0.6 is 11.3 Å². The molecule has 6 heteroatoms. The van der Waals surface area contributed by atoms with Gasteiger partial charge in [-0.3, -0.25) is 9.69 Å². The average Bonchev–Trinajstić information content (AvgIpc) is 2.93. The fourth-order valence-corrected chi connectivity index (χ4v) is 2.63. The zero-order chi connectivity index (χ0) is 15.2. The van der Waals surface area contributed by atoms with Gasteiger partial charge in [-0.2, -0.15) is 11.3 Å². The first-order chi connectivity index (χ1) is 10.1. The summed E-state index contributed by atoms with van der Waals surface area (Å²) in [6.45, 7) is 1.05. The van der Waals surface area contributed by atoms with Crippen LogP contribution in [-0.4, -0.2) is 31.5 Å². The number of nitrogens with two attached hydrogens (primary N) is 1. The van der Waals surface area contributed by atoms with Crippen molar-refractivity contribution in [3.63, 3.8) is 0 Å². The molecule has 0 radical (unpaired) electrons. The summed E-state index contributed by atoms with van der Waals surface area (Å²) in [5.41, 5.74) is 8.18. The molecular formula is C15H19N3O2S. The molecule has 1 heterocycles. The number of amides is 1. The highest BCUT2D eigenvalue weighted by atomic mass is 32.1. The molecule has 1 aromatic heterocycles. The molecule has 0 saturated heterocycles. The number of hydrogen-bond acceptors (Lipinski definition) is 5. The third-order valence-corrected chi connectivity index (χ3v) is 3.71. The summed E-state index contributed by atoms with van der Waals surface area (Å²) in [6, 6.07) is 7.25. The number of hydrogen-bond donors (Lipinski definition) is 2. The molecule has 0 aliphatic carbocycles. The molecule has 1 amide bonds. The molecule has 5 nitrogen and oxygen atoms in total. The van der Waals surface area contributed by atoms with Crippen LogP contribution in [0.4, 0.5) is 11.4 Å². The quantitative estimate of drug-likeness (QED) is 0.804. The number of rotatable bonds is 6. The predicted molar refractivity (Wildman–Crippen MR) is 86.7 cm³/mol. The lowest BCUT2D eigenvalue weighted by molar-refractivity contribution is -0.117.